The van der Waals surface area contributed by atoms with Crippen LogP contribution in [0, 0.1) is 5.82 Å². The van der Waals surface area contributed by atoms with Gasteiger partial charge >= 0.3 is 0 Å². The molecule has 0 saturated heterocycles. The third kappa shape index (κ3) is 3.92. The summed E-state index contributed by atoms with van der Waals surface area (Å²) in [6.07, 6.45) is 7.01. The van der Waals surface area contributed by atoms with Crippen molar-refractivity contribution in [3.8, 4) is 11.5 Å². The van der Waals surface area contributed by atoms with Crippen molar-refractivity contribution >= 4 is 34.2 Å². The highest BCUT2D eigenvalue weighted by molar-refractivity contribution is 6.30. The molecule has 1 amide bonds. The zero-order chi connectivity index (χ0) is 20.4. The van der Waals surface area contributed by atoms with Crippen LogP contribution in [0.1, 0.15) is 0 Å². The molecule has 0 unspecified atom stereocenters. The van der Waals surface area contributed by atoms with Gasteiger partial charge in [0.25, 0.3) is 5.56 Å². The normalized spacial score (nSPS) is 10.8. The molecule has 29 heavy (non-hydrogen) atoms. The maximum atomic E-state index is 13.8. The highest BCUT2D eigenvalue weighted by Crippen LogP contribution is 2.18. The molecular weight excluding hydrogens is 401 g/mol. The van der Waals surface area contributed by atoms with Gasteiger partial charge in [-0.05, 0) is 18.2 Å². The van der Waals surface area contributed by atoms with Crippen LogP contribution in [0.4, 0.5) is 10.1 Å². The van der Waals surface area contributed by atoms with Gasteiger partial charge in [0, 0.05) is 23.6 Å². The quantitative estimate of drug-likeness (QED) is 0.546. The molecule has 9 nitrogen and oxygen atoms in total. The molecule has 1 N–H and O–H groups in total. The Balaban J connectivity index is 1.59. The first kappa shape index (κ1) is 18.6. The average molecular weight is 412 g/mol. The Labute approximate surface area is 167 Å². The zero-order valence-electron chi connectivity index (χ0n) is 14.6. The van der Waals surface area contributed by atoms with Crippen molar-refractivity contribution in [2.24, 2.45) is 0 Å². The number of halogens is 2. The summed E-state index contributed by atoms with van der Waals surface area (Å²) in [5.41, 5.74) is 0.0429. The zero-order valence-corrected chi connectivity index (χ0v) is 15.3. The van der Waals surface area contributed by atoms with E-state index in [9.17, 15) is 14.0 Å². The summed E-state index contributed by atoms with van der Waals surface area (Å²) in [5, 5.41) is 2.72. The lowest BCUT2D eigenvalue weighted by molar-refractivity contribution is -0.116. The molecule has 0 spiro atoms. The van der Waals surface area contributed by atoms with Crippen molar-refractivity contribution in [3.63, 3.8) is 0 Å². The Bertz CT molecular complexity index is 1280. The van der Waals surface area contributed by atoms with Crippen LogP contribution in [0.15, 0.2) is 54.1 Å². The van der Waals surface area contributed by atoms with E-state index in [1.807, 2.05) is 0 Å². The monoisotopic (exact) mass is 411 g/mol. The molecule has 0 aliphatic carbocycles. The van der Waals surface area contributed by atoms with Gasteiger partial charge in [0.05, 0.1) is 11.9 Å². The van der Waals surface area contributed by atoms with Crippen molar-refractivity contribution in [2.75, 3.05) is 5.32 Å². The van der Waals surface area contributed by atoms with Crippen molar-refractivity contribution in [3.05, 3.63) is 70.5 Å². The number of carbonyl (C=O) groups is 1. The number of benzene rings is 1. The Morgan fingerprint density at radius 2 is 2.03 bits per heavy atom. The summed E-state index contributed by atoms with van der Waals surface area (Å²) in [6.45, 7) is -0.365. The molecule has 1 aromatic carbocycles. The van der Waals surface area contributed by atoms with Crippen LogP contribution >= 0.6 is 11.6 Å². The van der Waals surface area contributed by atoms with Gasteiger partial charge in [0.15, 0.2) is 11.5 Å². The molecule has 0 saturated carbocycles. The molecule has 3 aromatic heterocycles. The summed E-state index contributed by atoms with van der Waals surface area (Å²) in [6, 6.07) is 3.85. The molecule has 144 valence electrons. The first-order valence-electron chi connectivity index (χ1n) is 8.25. The van der Waals surface area contributed by atoms with E-state index < -0.39 is 17.3 Å². The number of nitrogens with zero attached hydrogens (tertiary/aromatic N) is 6. The van der Waals surface area contributed by atoms with Crippen LogP contribution in [0.3, 0.4) is 0 Å². The molecule has 0 fully saturated rings. The minimum absolute atomic E-state index is 0.0434. The lowest BCUT2D eigenvalue weighted by Crippen LogP contribution is -2.28. The Morgan fingerprint density at radius 3 is 2.79 bits per heavy atom. The van der Waals surface area contributed by atoms with Gasteiger partial charge in [-0.3, -0.25) is 19.1 Å². The highest BCUT2D eigenvalue weighted by atomic mass is 35.5. The van der Waals surface area contributed by atoms with E-state index in [1.165, 1.54) is 43.2 Å². The first-order chi connectivity index (χ1) is 14.0. The van der Waals surface area contributed by atoms with Gasteiger partial charge in [-0.25, -0.2) is 24.3 Å². The number of fused-ring (bicyclic) bond motifs is 1. The van der Waals surface area contributed by atoms with Crippen LogP contribution in [-0.4, -0.2) is 35.4 Å². The van der Waals surface area contributed by atoms with E-state index in [2.05, 4.69) is 30.2 Å². The van der Waals surface area contributed by atoms with Crippen molar-refractivity contribution in [1.29, 1.82) is 0 Å². The van der Waals surface area contributed by atoms with Crippen molar-refractivity contribution in [2.45, 2.75) is 6.54 Å². The fourth-order valence-corrected chi connectivity index (χ4v) is 2.70. The molecule has 0 aliphatic rings. The standard InChI is InChI=1S/C18H11ClFN7O2/c19-10-1-2-13(12(20)5-10)25-15(28)8-27-9-24-16-11(18(27)29)6-23-17(26-16)14-7-21-3-4-22-14/h1-7,9H,8H2,(H,25,28). The van der Waals surface area contributed by atoms with E-state index in [4.69, 9.17) is 11.6 Å². The fourth-order valence-electron chi connectivity index (χ4n) is 2.54. The topological polar surface area (TPSA) is 116 Å². The Morgan fingerprint density at radius 1 is 1.17 bits per heavy atom. The first-order valence-corrected chi connectivity index (χ1v) is 8.62. The highest BCUT2D eigenvalue weighted by Gasteiger charge is 2.13. The summed E-state index contributed by atoms with van der Waals surface area (Å²) < 4.78 is 14.9. The smallest absolute Gasteiger partial charge is 0.264 e. The van der Waals surface area contributed by atoms with Gasteiger partial charge in [0.1, 0.15) is 29.8 Å². The molecule has 0 radical (unpaired) electrons. The summed E-state index contributed by atoms with van der Waals surface area (Å²) in [5.74, 6) is -1.02. The van der Waals surface area contributed by atoms with Crippen molar-refractivity contribution in [1.82, 2.24) is 29.5 Å². The summed E-state index contributed by atoms with van der Waals surface area (Å²) in [7, 11) is 0. The predicted octanol–water partition coefficient (Wildman–Crippen LogP) is 2.07. The number of aromatic nitrogens is 6. The van der Waals surface area contributed by atoms with Crippen LogP contribution in [0.5, 0.6) is 0 Å². The van der Waals surface area contributed by atoms with Crippen LogP contribution in [0.25, 0.3) is 22.6 Å². The molecular formula is C18H11ClFN7O2. The van der Waals surface area contributed by atoms with E-state index in [0.717, 1.165) is 10.6 Å². The minimum atomic E-state index is -0.681. The van der Waals surface area contributed by atoms with Crippen LogP contribution < -0.4 is 10.9 Å². The maximum absolute atomic E-state index is 13.8. The van der Waals surface area contributed by atoms with Gasteiger partial charge in [-0.1, -0.05) is 11.6 Å². The summed E-state index contributed by atoms with van der Waals surface area (Å²) in [4.78, 5) is 45.3. The molecule has 3 heterocycles. The second-order valence-corrected chi connectivity index (χ2v) is 6.31. The second kappa shape index (κ2) is 7.68. The second-order valence-electron chi connectivity index (χ2n) is 5.87. The minimum Gasteiger partial charge on any atom is -0.322 e. The lowest BCUT2D eigenvalue weighted by Gasteiger charge is -2.09. The van der Waals surface area contributed by atoms with Crippen LogP contribution in [-0.2, 0) is 11.3 Å². The van der Waals surface area contributed by atoms with E-state index in [-0.39, 0.29) is 34.1 Å². The fraction of sp³-hybridized carbons (Fsp3) is 0.0556. The number of hydrogen-bond acceptors (Lipinski definition) is 7. The number of amides is 1. The molecule has 0 bridgehead atoms. The lowest BCUT2D eigenvalue weighted by atomic mass is 10.3. The molecule has 4 rings (SSSR count). The van der Waals surface area contributed by atoms with Gasteiger partial charge in [0.2, 0.25) is 5.91 Å². The molecule has 4 aromatic rings. The molecule has 0 atom stereocenters. The molecule has 11 heteroatoms. The Kier molecular flexibility index (Phi) is 4.92. The Hall–Kier alpha value is -3.79. The maximum Gasteiger partial charge on any atom is 0.264 e. The number of anilines is 1. The van der Waals surface area contributed by atoms with Gasteiger partial charge in [-0.2, -0.15) is 0 Å². The largest absolute Gasteiger partial charge is 0.322 e. The van der Waals surface area contributed by atoms with E-state index >= 15 is 0 Å². The number of hydrogen-bond donors (Lipinski definition) is 1. The third-order valence-electron chi connectivity index (χ3n) is 3.89. The van der Waals surface area contributed by atoms with E-state index in [0.29, 0.717) is 5.69 Å². The number of carbonyl (C=O) groups excluding carboxylic acids is 1. The van der Waals surface area contributed by atoms with Crippen molar-refractivity contribution < 1.29 is 9.18 Å². The number of rotatable bonds is 4. The van der Waals surface area contributed by atoms with Gasteiger partial charge in [-0.15, -0.1) is 0 Å². The SMILES string of the molecule is O=C(Cn1cnc2nc(-c3cnccn3)ncc2c1=O)Nc1ccc(Cl)cc1F. The van der Waals surface area contributed by atoms with Crippen LogP contribution in [0.2, 0.25) is 5.02 Å². The number of nitrogens with one attached hydrogen (secondary N) is 1. The predicted molar refractivity (Wildman–Crippen MR) is 103 cm³/mol. The average Bonchev–Trinajstić information content (AvgIpc) is 2.72. The van der Waals surface area contributed by atoms with E-state index in [1.54, 1.807) is 0 Å². The van der Waals surface area contributed by atoms with Gasteiger partial charge < -0.3 is 5.32 Å². The molecule has 0 aliphatic heterocycles. The third-order valence-corrected chi connectivity index (χ3v) is 4.13. The summed E-state index contributed by atoms with van der Waals surface area (Å²) >= 11 is 5.68.